The van der Waals surface area contributed by atoms with E-state index in [1.54, 1.807) is 16.6 Å². The Balaban J connectivity index is 1.73. The van der Waals surface area contributed by atoms with Crippen LogP contribution in [0.3, 0.4) is 0 Å². The SMILES string of the molecule is CC1(C)O[C@@H]2C(CO[Si](C)(C)C(C)(C)C)O[C@@](C#N)(c3ccc4c(N)ncnn34)[C@@H]2O1. The second-order valence-corrected chi connectivity index (χ2v) is 15.1. The highest BCUT2D eigenvalue weighted by Gasteiger charge is 2.65. The number of nitrogens with two attached hydrogens (primary N) is 1. The summed E-state index contributed by atoms with van der Waals surface area (Å²) in [5, 5.41) is 14.7. The van der Waals surface area contributed by atoms with E-state index in [-0.39, 0.29) is 5.04 Å². The standard InChI is InChI=1S/C21H31N5O4Si/c1-19(2,3)31(6,7)27-10-14-16-17(30-20(4,5)29-16)21(11-22,28-14)15-9-8-13-18(23)24-12-25-26(13)15/h8-9,12,14,16-17H,10H2,1-7H3,(H2,23,24,25)/t14?,16-,17-,21+/m1/s1. The van der Waals surface area contributed by atoms with Crippen LogP contribution in [0, 0.1) is 11.3 Å². The lowest BCUT2D eigenvalue weighted by Crippen LogP contribution is -2.44. The molecule has 2 saturated heterocycles. The Hall–Kier alpha value is -2.03. The van der Waals surface area contributed by atoms with Gasteiger partial charge in [0.1, 0.15) is 36.2 Å². The summed E-state index contributed by atoms with van der Waals surface area (Å²) in [7, 11) is -2.03. The molecule has 2 aromatic heterocycles. The summed E-state index contributed by atoms with van der Waals surface area (Å²) < 4.78 is 26.9. The summed E-state index contributed by atoms with van der Waals surface area (Å²) in [6.07, 6.45) is -0.207. The van der Waals surface area contributed by atoms with E-state index in [1.807, 2.05) is 13.8 Å². The number of aromatic nitrogens is 3. The van der Waals surface area contributed by atoms with Gasteiger partial charge in [0, 0.05) is 0 Å². The molecule has 9 nitrogen and oxygen atoms in total. The third kappa shape index (κ3) is 3.45. The quantitative estimate of drug-likeness (QED) is 0.714. The minimum absolute atomic E-state index is 0.0514. The first-order valence-corrected chi connectivity index (χ1v) is 13.4. The van der Waals surface area contributed by atoms with Gasteiger partial charge in [-0.25, -0.2) is 9.50 Å². The molecule has 10 heteroatoms. The first-order valence-electron chi connectivity index (χ1n) is 10.5. The van der Waals surface area contributed by atoms with Crippen molar-refractivity contribution >= 4 is 19.7 Å². The molecule has 0 amide bonds. The molecule has 4 rings (SSSR count). The van der Waals surface area contributed by atoms with Gasteiger partial charge in [-0.05, 0) is 44.1 Å². The summed E-state index contributed by atoms with van der Waals surface area (Å²) in [5.74, 6) is -0.525. The Kier molecular flexibility index (Phi) is 4.99. The first kappa shape index (κ1) is 22.2. The Bertz CT molecular complexity index is 1040. The summed E-state index contributed by atoms with van der Waals surface area (Å²) >= 11 is 0. The number of nitrogens with zero attached hydrogens (tertiary/aromatic N) is 4. The van der Waals surface area contributed by atoms with Crippen molar-refractivity contribution in [2.75, 3.05) is 12.3 Å². The van der Waals surface area contributed by atoms with Crippen molar-refractivity contribution in [3.05, 3.63) is 24.2 Å². The van der Waals surface area contributed by atoms with E-state index in [2.05, 4.69) is 50.0 Å². The van der Waals surface area contributed by atoms with Crippen LogP contribution in [-0.2, 0) is 24.2 Å². The summed E-state index contributed by atoms with van der Waals surface area (Å²) in [4.78, 5) is 4.03. The maximum Gasteiger partial charge on any atom is 0.226 e. The Morgan fingerprint density at radius 1 is 1.26 bits per heavy atom. The molecule has 0 aliphatic carbocycles. The van der Waals surface area contributed by atoms with Gasteiger partial charge in [-0.2, -0.15) is 10.4 Å². The molecule has 2 fully saturated rings. The zero-order valence-electron chi connectivity index (χ0n) is 19.2. The van der Waals surface area contributed by atoms with E-state index in [0.29, 0.717) is 23.6 Å². The topological polar surface area (TPSA) is 117 Å². The zero-order valence-corrected chi connectivity index (χ0v) is 20.2. The van der Waals surface area contributed by atoms with Crippen LogP contribution in [0.2, 0.25) is 18.1 Å². The van der Waals surface area contributed by atoms with E-state index in [9.17, 15) is 5.26 Å². The highest BCUT2D eigenvalue weighted by Crippen LogP contribution is 2.49. The van der Waals surface area contributed by atoms with Gasteiger partial charge in [0.15, 0.2) is 19.9 Å². The number of anilines is 1. The second kappa shape index (κ2) is 6.98. The molecule has 168 valence electrons. The Morgan fingerprint density at radius 3 is 2.61 bits per heavy atom. The smallest absolute Gasteiger partial charge is 0.226 e. The number of nitrogen functional groups attached to an aromatic ring is 1. The van der Waals surface area contributed by atoms with Crippen molar-refractivity contribution in [3.63, 3.8) is 0 Å². The summed E-state index contributed by atoms with van der Waals surface area (Å²) in [6.45, 7) is 14.9. The molecule has 4 heterocycles. The fourth-order valence-corrected chi connectivity index (χ4v) is 4.99. The predicted molar refractivity (Wildman–Crippen MR) is 117 cm³/mol. The molecule has 0 saturated carbocycles. The van der Waals surface area contributed by atoms with E-state index in [0.717, 1.165) is 0 Å². The number of ether oxygens (including phenoxy) is 3. The van der Waals surface area contributed by atoms with E-state index >= 15 is 0 Å². The first-order chi connectivity index (χ1) is 14.3. The highest BCUT2D eigenvalue weighted by molar-refractivity contribution is 6.74. The van der Waals surface area contributed by atoms with Crippen LogP contribution < -0.4 is 5.73 Å². The fraction of sp³-hybridized carbons (Fsp3) is 0.667. The van der Waals surface area contributed by atoms with Gasteiger partial charge in [-0.15, -0.1) is 0 Å². The number of fused-ring (bicyclic) bond motifs is 2. The number of nitriles is 1. The van der Waals surface area contributed by atoms with Gasteiger partial charge in [-0.3, -0.25) is 0 Å². The molecular weight excluding hydrogens is 414 g/mol. The largest absolute Gasteiger partial charge is 0.414 e. The molecular formula is C21H31N5O4Si. The second-order valence-electron chi connectivity index (χ2n) is 10.3. The van der Waals surface area contributed by atoms with E-state index in [1.165, 1.54) is 6.33 Å². The summed E-state index contributed by atoms with van der Waals surface area (Å²) in [5.41, 5.74) is 5.71. The van der Waals surface area contributed by atoms with Crippen LogP contribution >= 0.6 is 0 Å². The van der Waals surface area contributed by atoms with Crippen molar-refractivity contribution < 1.29 is 18.6 Å². The lowest BCUT2D eigenvalue weighted by molar-refractivity contribution is -0.204. The minimum atomic E-state index is -2.03. The van der Waals surface area contributed by atoms with Crippen LogP contribution in [0.15, 0.2) is 18.5 Å². The minimum Gasteiger partial charge on any atom is -0.414 e. The zero-order chi connectivity index (χ0) is 22.8. The molecule has 1 unspecified atom stereocenters. The van der Waals surface area contributed by atoms with Gasteiger partial charge in [0.2, 0.25) is 5.60 Å². The lowest BCUT2D eigenvalue weighted by Gasteiger charge is -2.37. The maximum atomic E-state index is 10.4. The molecule has 0 spiro atoms. The van der Waals surface area contributed by atoms with Gasteiger partial charge >= 0.3 is 0 Å². The van der Waals surface area contributed by atoms with Crippen molar-refractivity contribution in [1.82, 2.24) is 14.6 Å². The lowest BCUT2D eigenvalue weighted by atomic mass is 9.92. The van der Waals surface area contributed by atoms with Crippen molar-refractivity contribution in [1.29, 1.82) is 5.26 Å². The number of hydrogen-bond donors (Lipinski definition) is 1. The Morgan fingerprint density at radius 2 is 1.97 bits per heavy atom. The number of hydrogen-bond acceptors (Lipinski definition) is 8. The molecule has 0 bridgehead atoms. The average molecular weight is 446 g/mol. The molecule has 0 radical (unpaired) electrons. The maximum absolute atomic E-state index is 10.4. The normalized spacial score (nSPS) is 30.5. The van der Waals surface area contributed by atoms with Crippen LogP contribution in [0.1, 0.15) is 40.3 Å². The van der Waals surface area contributed by atoms with Crippen LogP contribution in [0.25, 0.3) is 5.52 Å². The third-order valence-electron chi connectivity index (χ3n) is 6.68. The van der Waals surface area contributed by atoms with E-state index < -0.39 is 38.0 Å². The predicted octanol–water partition coefficient (Wildman–Crippen LogP) is 2.97. The number of rotatable bonds is 4. The molecule has 2 aliphatic rings. The van der Waals surface area contributed by atoms with Crippen LogP contribution in [0.5, 0.6) is 0 Å². The molecule has 31 heavy (non-hydrogen) atoms. The molecule has 0 aromatic carbocycles. The third-order valence-corrected chi connectivity index (χ3v) is 11.2. The Labute approximate surface area is 183 Å². The van der Waals surface area contributed by atoms with Crippen LogP contribution in [-0.4, -0.2) is 53.6 Å². The highest BCUT2D eigenvalue weighted by atomic mass is 28.4. The van der Waals surface area contributed by atoms with Gasteiger partial charge in [0.05, 0.1) is 12.3 Å². The van der Waals surface area contributed by atoms with Crippen molar-refractivity contribution in [2.24, 2.45) is 0 Å². The molecule has 2 aromatic rings. The van der Waals surface area contributed by atoms with Gasteiger partial charge < -0.3 is 24.4 Å². The average Bonchev–Trinajstić information content (AvgIpc) is 3.30. The van der Waals surface area contributed by atoms with Gasteiger partial charge in [0.25, 0.3) is 0 Å². The molecule has 4 atom stereocenters. The van der Waals surface area contributed by atoms with Crippen molar-refractivity contribution in [2.45, 2.75) is 82.5 Å². The fourth-order valence-electron chi connectivity index (χ4n) is 3.97. The van der Waals surface area contributed by atoms with Crippen LogP contribution in [0.4, 0.5) is 5.82 Å². The van der Waals surface area contributed by atoms with Crippen molar-refractivity contribution in [3.8, 4) is 6.07 Å². The summed E-state index contributed by atoms with van der Waals surface area (Å²) in [6, 6.07) is 5.93. The molecule has 2 aliphatic heterocycles. The monoisotopic (exact) mass is 445 g/mol. The van der Waals surface area contributed by atoms with E-state index in [4.69, 9.17) is 24.4 Å². The van der Waals surface area contributed by atoms with Gasteiger partial charge in [-0.1, -0.05) is 20.8 Å². The molecule has 2 N–H and O–H groups in total.